The summed E-state index contributed by atoms with van der Waals surface area (Å²) in [6.45, 7) is 10.4. The number of alkyl halides is 1. The Morgan fingerprint density at radius 2 is 1.88 bits per heavy atom. The SMILES string of the molecule is CC(C)OC[C@H]1OC[C@@H](C)[C@H](F)C1OC(C)C. The van der Waals surface area contributed by atoms with Gasteiger partial charge >= 0.3 is 0 Å². The number of hydrogen-bond acceptors (Lipinski definition) is 3. The molecule has 102 valence electrons. The molecule has 0 bridgehead atoms. The zero-order chi connectivity index (χ0) is 13.0. The Kier molecular flexibility index (Phi) is 5.83. The van der Waals surface area contributed by atoms with Gasteiger partial charge in [-0.1, -0.05) is 6.92 Å². The maximum atomic E-state index is 14.1. The minimum absolute atomic E-state index is 0.00583. The van der Waals surface area contributed by atoms with Gasteiger partial charge in [-0.15, -0.1) is 0 Å². The van der Waals surface area contributed by atoms with E-state index >= 15 is 0 Å². The fourth-order valence-electron chi connectivity index (χ4n) is 1.90. The van der Waals surface area contributed by atoms with Crippen molar-refractivity contribution in [2.75, 3.05) is 13.2 Å². The second-order valence-corrected chi connectivity index (χ2v) is 5.33. The molecule has 4 atom stereocenters. The van der Waals surface area contributed by atoms with E-state index in [0.717, 1.165) is 0 Å². The van der Waals surface area contributed by atoms with Crippen molar-refractivity contribution in [3.8, 4) is 0 Å². The molecule has 1 heterocycles. The van der Waals surface area contributed by atoms with E-state index in [-0.39, 0.29) is 24.2 Å². The van der Waals surface area contributed by atoms with Gasteiger partial charge in [0.2, 0.25) is 0 Å². The van der Waals surface area contributed by atoms with Gasteiger partial charge in [-0.3, -0.25) is 0 Å². The van der Waals surface area contributed by atoms with Crippen molar-refractivity contribution in [2.24, 2.45) is 5.92 Å². The molecule has 0 spiro atoms. The normalized spacial score (nSPS) is 34.6. The first-order chi connectivity index (χ1) is 7.91. The summed E-state index contributed by atoms with van der Waals surface area (Å²) in [5.41, 5.74) is 0. The summed E-state index contributed by atoms with van der Waals surface area (Å²) in [6.07, 6.45) is -1.68. The van der Waals surface area contributed by atoms with Gasteiger partial charge in [0, 0.05) is 5.92 Å². The average molecular weight is 248 g/mol. The van der Waals surface area contributed by atoms with E-state index in [1.54, 1.807) is 0 Å². The first-order valence-electron chi connectivity index (χ1n) is 6.44. The molecule has 1 rings (SSSR count). The van der Waals surface area contributed by atoms with E-state index in [9.17, 15) is 4.39 Å². The van der Waals surface area contributed by atoms with Crippen molar-refractivity contribution >= 4 is 0 Å². The van der Waals surface area contributed by atoms with E-state index in [0.29, 0.717) is 13.2 Å². The van der Waals surface area contributed by atoms with Crippen molar-refractivity contribution in [3.05, 3.63) is 0 Å². The van der Waals surface area contributed by atoms with Gasteiger partial charge in [0.25, 0.3) is 0 Å². The summed E-state index contributed by atoms with van der Waals surface area (Å²) in [6, 6.07) is 0. The third-order valence-corrected chi connectivity index (χ3v) is 2.82. The van der Waals surface area contributed by atoms with E-state index in [1.165, 1.54) is 0 Å². The van der Waals surface area contributed by atoms with Crippen LogP contribution in [0.3, 0.4) is 0 Å². The predicted molar refractivity (Wildman–Crippen MR) is 64.9 cm³/mol. The Morgan fingerprint density at radius 1 is 1.24 bits per heavy atom. The van der Waals surface area contributed by atoms with Crippen molar-refractivity contribution in [2.45, 2.75) is 65.2 Å². The lowest BCUT2D eigenvalue weighted by Gasteiger charge is -2.38. The molecule has 0 saturated carbocycles. The van der Waals surface area contributed by atoms with Crippen LogP contribution in [0.5, 0.6) is 0 Å². The van der Waals surface area contributed by atoms with Crippen LogP contribution in [0.15, 0.2) is 0 Å². The van der Waals surface area contributed by atoms with Crippen molar-refractivity contribution in [3.63, 3.8) is 0 Å². The molecular formula is C13H25FO3. The second kappa shape index (κ2) is 6.66. The molecule has 17 heavy (non-hydrogen) atoms. The number of ether oxygens (including phenoxy) is 3. The summed E-state index contributed by atoms with van der Waals surface area (Å²) in [5.74, 6) is -0.117. The standard InChI is InChI=1S/C13H25FO3/c1-8(2)15-7-11-13(17-9(3)4)12(14)10(5)6-16-11/h8-13H,6-7H2,1-5H3/t10-,11-,12+,13?/m1/s1. The molecule has 1 aliphatic heterocycles. The third kappa shape index (κ3) is 4.53. The van der Waals surface area contributed by atoms with Crippen LogP contribution in [0.4, 0.5) is 4.39 Å². The number of hydrogen-bond donors (Lipinski definition) is 0. The topological polar surface area (TPSA) is 27.7 Å². The van der Waals surface area contributed by atoms with Gasteiger partial charge in [0.05, 0.1) is 25.4 Å². The quantitative estimate of drug-likeness (QED) is 0.748. The summed E-state index contributed by atoms with van der Waals surface area (Å²) < 4.78 is 30.9. The summed E-state index contributed by atoms with van der Waals surface area (Å²) in [4.78, 5) is 0. The van der Waals surface area contributed by atoms with Crippen LogP contribution in [-0.4, -0.2) is 43.8 Å². The van der Waals surface area contributed by atoms with Gasteiger partial charge in [-0.05, 0) is 27.7 Å². The van der Waals surface area contributed by atoms with Crippen LogP contribution < -0.4 is 0 Å². The Labute approximate surface area is 104 Å². The molecule has 1 fully saturated rings. The fourth-order valence-corrected chi connectivity index (χ4v) is 1.90. The first kappa shape index (κ1) is 14.9. The van der Waals surface area contributed by atoms with E-state index < -0.39 is 12.3 Å². The van der Waals surface area contributed by atoms with Crippen molar-refractivity contribution in [1.82, 2.24) is 0 Å². The van der Waals surface area contributed by atoms with Crippen molar-refractivity contribution < 1.29 is 18.6 Å². The molecule has 1 aliphatic rings. The minimum atomic E-state index is -0.980. The van der Waals surface area contributed by atoms with Crippen LogP contribution >= 0.6 is 0 Å². The Hall–Kier alpha value is -0.190. The second-order valence-electron chi connectivity index (χ2n) is 5.33. The lowest BCUT2D eigenvalue weighted by Crippen LogP contribution is -2.51. The van der Waals surface area contributed by atoms with Crippen LogP contribution in [0.1, 0.15) is 34.6 Å². The van der Waals surface area contributed by atoms with Crippen LogP contribution in [-0.2, 0) is 14.2 Å². The van der Waals surface area contributed by atoms with Crippen LogP contribution in [0.25, 0.3) is 0 Å². The molecule has 0 aromatic rings. The van der Waals surface area contributed by atoms with Gasteiger partial charge in [-0.25, -0.2) is 4.39 Å². The number of halogens is 1. The maximum absolute atomic E-state index is 14.1. The smallest absolute Gasteiger partial charge is 0.134 e. The average Bonchev–Trinajstić information content (AvgIpc) is 2.23. The first-order valence-corrected chi connectivity index (χ1v) is 6.44. The molecule has 1 saturated heterocycles. The molecule has 1 unspecified atom stereocenters. The molecule has 4 heteroatoms. The lowest BCUT2D eigenvalue weighted by atomic mass is 9.95. The van der Waals surface area contributed by atoms with Crippen LogP contribution in [0.2, 0.25) is 0 Å². The van der Waals surface area contributed by atoms with Crippen molar-refractivity contribution in [1.29, 1.82) is 0 Å². The molecule has 0 amide bonds. The minimum Gasteiger partial charge on any atom is -0.376 e. The van der Waals surface area contributed by atoms with Crippen LogP contribution in [0, 0.1) is 5.92 Å². The lowest BCUT2D eigenvalue weighted by molar-refractivity contribution is -0.191. The zero-order valence-electron chi connectivity index (χ0n) is 11.5. The highest BCUT2D eigenvalue weighted by atomic mass is 19.1. The highest BCUT2D eigenvalue weighted by Gasteiger charge is 2.40. The Balaban J connectivity index is 2.58. The molecule has 0 aromatic heterocycles. The molecule has 0 N–H and O–H groups in total. The monoisotopic (exact) mass is 248 g/mol. The highest BCUT2D eigenvalue weighted by Crippen LogP contribution is 2.26. The third-order valence-electron chi connectivity index (χ3n) is 2.82. The molecule has 0 radical (unpaired) electrons. The van der Waals surface area contributed by atoms with Gasteiger partial charge < -0.3 is 14.2 Å². The summed E-state index contributed by atoms with van der Waals surface area (Å²) >= 11 is 0. The zero-order valence-corrected chi connectivity index (χ0v) is 11.5. The van der Waals surface area contributed by atoms with E-state index in [1.807, 2.05) is 34.6 Å². The van der Waals surface area contributed by atoms with Gasteiger partial charge in [0.15, 0.2) is 0 Å². The highest BCUT2D eigenvalue weighted by molar-refractivity contribution is 4.87. The van der Waals surface area contributed by atoms with E-state index in [4.69, 9.17) is 14.2 Å². The Morgan fingerprint density at radius 3 is 2.41 bits per heavy atom. The largest absolute Gasteiger partial charge is 0.376 e. The number of rotatable bonds is 5. The molecule has 0 aliphatic carbocycles. The predicted octanol–water partition coefficient (Wildman–Crippen LogP) is 2.58. The maximum Gasteiger partial charge on any atom is 0.134 e. The van der Waals surface area contributed by atoms with Gasteiger partial charge in [-0.2, -0.15) is 0 Å². The molecule has 3 nitrogen and oxygen atoms in total. The molecular weight excluding hydrogens is 223 g/mol. The fraction of sp³-hybridized carbons (Fsp3) is 1.00. The van der Waals surface area contributed by atoms with Gasteiger partial charge in [0.1, 0.15) is 18.4 Å². The molecule has 0 aromatic carbocycles. The summed E-state index contributed by atoms with van der Waals surface area (Å²) in [7, 11) is 0. The van der Waals surface area contributed by atoms with E-state index in [2.05, 4.69) is 0 Å². The summed E-state index contributed by atoms with van der Waals surface area (Å²) in [5, 5.41) is 0. The Bertz CT molecular complexity index is 221.